The Labute approximate surface area is 160 Å². The Bertz CT molecular complexity index is 673. The number of hydrogen-bond acceptors (Lipinski definition) is 3. The van der Waals surface area contributed by atoms with E-state index in [4.69, 9.17) is 4.74 Å². The van der Waals surface area contributed by atoms with Crippen molar-refractivity contribution in [2.24, 2.45) is 5.92 Å². The molecule has 2 rings (SSSR count). The van der Waals surface area contributed by atoms with Gasteiger partial charge in [-0.2, -0.15) is 0 Å². The molecule has 1 aromatic carbocycles. The van der Waals surface area contributed by atoms with Gasteiger partial charge in [0.2, 0.25) is 0 Å². The summed E-state index contributed by atoms with van der Waals surface area (Å²) in [6.45, 7) is 8.71. The predicted molar refractivity (Wildman–Crippen MR) is 110 cm³/mol. The summed E-state index contributed by atoms with van der Waals surface area (Å²) in [5, 5.41) is -0.247. The van der Waals surface area contributed by atoms with E-state index in [1.165, 1.54) is 29.5 Å². The highest BCUT2D eigenvalue weighted by molar-refractivity contribution is 7.91. The molecule has 0 radical (unpaired) electrons. The quantitative estimate of drug-likeness (QED) is 0.455. The minimum Gasteiger partial charge on any atom is -0.493 e. The molecule has 1 aromatic rings. The van der Waals surface area contributed by atoms with Crippen LogP contribution in [-0.4, -0.2) is 26.0 Å². The SMILES string of the molecule is Cc1ccc(CCCCCCCS(=O)(=O)C(C)C)c(C)c1OCC1CC1. The summed E-state index contributed by atoms with van der Waals surface area (Å²) in [5.41, 5.74) is 3.93. The number of ether oxygens (including phenoxy) is 1. The molecule has 26 heavy (non-hydrogen) atoms. The van der Waals surface area contributed by atoms with Crippen molar-refractivity contribution >= 4 is 9.84 Å². The number of hydrogen-bond donors (Lipinski definition) is 0. The summed E-state index contributed by atoms with van der Waals surface area (Å²) in [6, 6.07) is 4.42. The smallest absolute Gasteiger partial charge is 0.152 e. The molecule has 0 heterocycles. The third-order valence-electron chi connectivity index (χ3n) is 5.47. The maximum absolute atomic E-state index is 11.8. The number of aryl methyl sites for hydroxylation is 2. The fraction of sp³-hybridized carbons (Fsp3) is 0.727. The van der Waals surface area contributed by atoms with Crippen molar-refractivity contribution in [2.75, 3.05) is 12.4 Å². The minimum absolute atomic E-state index is 0.247. The van der Waals surface area contributed by atoms with Gasteiger partial charge >= 0.3 is 0 Å². The summed E-state index contributed by atoms with van der Waals surface area (Å²) in [6.07, 6.45) is 8.94. The van der Waals surface area contributed by atoms with Crippen LogP contribution in [-0.2, 0) is 16.3 Å². The number of benzene rings is 1. The Morgan fingerprint density at radius 3 is 2.35 bits per heavy atom. The summed E-state index contributed by atoms with van der Waals surface area (Å²) in [4.78, 5) is 0. The monoisotopic (exact) mass is 380 g/mol. The van der Waals surface area contributed by atoms with Gasteiger partial charge in [0.25, 0.3) is 0 Å². The molecule has 4 heteroatoms. The lowest BCUT2D eigenvalue weighted by Gasteiger charge is -2.15. The molecule has 0 N–H and O–H groups in total. The van der Waals surface area contributed by atoms with Crippen LogP contribution < -0.4 is 4.74 Å². The third kappa shape index (κ3) is 6.61. The van der Waals surface area contributed by atoms with Gasteiger partial charge in [0.05, 0.1) is 17.6 Å². The van der Waals surface area contributed by atoms with Crippen molar-refractivity contribution in [1.82, 2.24) is 0 Å². The van der Waals surface area contributed by atoms with Crippen molar-refractivity contribution in [3.05, 3.63) is 28.8 Å². The maximum Gasteiger partial charge on any atom is 0.152 e. The Kier molecular flexibility index (Phi) is 8.00. The van der Waals surface area contributed by atoms with E-state index in [9.17, 15) is 8.42 Å². The predicted octanol–water partition coefficient (Wildman–Crippen LogP) is 5.41. The van der Waals surface area contributed by atoms with E-state index in [0.717, 1.165) is 56.8 Å². The molecule has 0 atom stereocenters. The number of unbranched alkanes of at least 4 members (excludes halogenated alkanes) is 4. The second kappa shape index (κ2) is 9.77. The van der Waals surface area contributed by atoms with Gasteiger partial charge in [-0.15, -0.1) is 0 Å². The first kappa shape index (κ1) is 21.3. The van der Waals surface area contributed by atoms with Gasteiger partial charge in [-0.25, -0.2) is 8.42 Å². The first-order valence-electron chi connectivity index (χ1n) is 10.2. The van der Waals surface area contributed by atoms with Crippen LogP contribution in [0.1, 0.15) is 75.5 Å². The van der Waals surface area contributed by atoms with Crippen molar-refractivity contribution in [3.63, 3.8) is 0 Å². The highest BCUT2D eigenvalue weighted by atomic mass is 32.2. The molecule has 0 aromatic heterocycles. The van der Waals surface area contributed by atoms with Crippen LogP contribution in [0.5, 0.6) is 5.75 Å². The molecule has 0 unspecified atom stereocenters. The van der Waals surface area contributed by atoms with Crippen LogP contribution in [0.3, 0.4) is 0 Å². The first-order chi connectivity index (χ1) is 12.3. The molecular weight excluding hydrogens is 344 g/mol. The van der Waals surface area contributed by atoms with Crippen LogP contribution >= 0.6 is 0 Å². The largest absolute Gasteiger partial charge is 0.493 e. The Balaban J connectivity index is 1.69. The summed E-state index contributed by atoms with van der Waals surface area (Å²) in [7, 11) is -2.87. The molecule has 1 fully saturated rings. The molecule has 1 aliphatic carbocycles. The molecule has 0 amide bonds. The maximum atomic E-state index is 11.8. The second-order valence-corrected chi connectivity index (χ2v) is 10.9. The van der Waals surface area contributed by atoms with Gasteiger partial charge < -0.3 is 4.74 Å². The van der Waals surface area contributed by atoms with Gasteiger partial charge in [-0.05, 0) is 82.4 Å². The van der Waals surface area contributed by atoms with Crippen LogP contribution in [0, 0.1) is 19.8 Å². The van der Waals surface area contributed by atoms with E-state index in [-0.39, 0.29) is 5.25 Å². The highest BCUT2D eigenvalue weighted by Crippen LogP contribution is 2.32. The van der Waals surface area contributed by atoms with Crippen LogP contribution in [0.25, 0.3) is 0 Å². The fourth-order valence-electron chi connectivity index (χ4n) is 3.23. The minimum atomic E-state index is -2.87. The van der Waals surface area contributed by atoms with Gasteiger partial charge in [-0.3, -0.25) is 0 Å². The molecule has 1 aliphatic rings. The van der Waals surface area contributed by atoms with Gasteiger partial charge in [0.1, 0.15) is 5.75 Å². The van der Waals surface area contributed by atoms with Crippen molar-refractivity contribution < 1.29 is 13.2 Å². The van der Waals surface area contributed by atoms with Crippen LogP contribution in [0.2, 0.25) is 0 Å². The lowest BCUT2D eigenvalue weighted by atomic mass is 9.98. The second-order valence-electron chi connectivity index (χ2n) is 8.18. The fourth-order valence-corrected chi connectivity index (χ4v) is 4.31. The lowest BCUT2D eigenvalue weighted by molar-refractivity contribution is 0.295. The normalized spacial score (nSPS) is 14.8. The van der Waals surface area contributed by atoms with E-state index in [1.807, 2.05) is 0 Å². The Morgan fingerprint density at radius 2 is 1.69 bits per heavy atom. The van der Waals surface area contributed by atoms with E-state index in [2.05, 4.69) is 26.0 Å². The number of sulfone groups is 1. The summed E-state index contributed by atoms with van der Waals surface area (Å²) >= 11 is 0. The molecule has 0 aliphatic heterocycles. The van der Waals surface area contributed by atoms with Crippen molar-refractivity contribution in [2.45, 2.75) is 84.3 Å². The van der Waals surface area contributed by atoms with Crippen molar-refractivity contribution in [1.29, 1.82) is 0 Å². The Hall–Kier alpha value is -1.03. The van der Waals surface area contributed by atoms with Crippen molar-refractivity contribution in [3.8, 4) is 5.75 Å². The summed E-state index contributed by atoms with van der Waals surface area (Å²) < 4.78 is 29.7. The van der Waals surface area contributed by atoms with Crippen LogP contribution in [0.4, 0.5) is 0 Å². The zero-order valence-corrected chi connectivity index (χ0v) is 17.8. The summed E-state index contributed by atoms with van der Waals surface area (Å²) in [5.74, 6) is 2.20. The average Bonchev–Trinajstić information content (AvgIpc) is 3.39. The van der Waals surface area contributed by atoms with Gasteiger partial charge in [-0.1, -0.05) is 31.4 Å². The molecule has 3 nitrogen and oxygen atoms in total. The Morgan fingerprint density at radius 1 is 1.04 bits per heavy atom. The molecule has 0 saturated heterocycles. The van der Waals surface area contributed by atoms with Gasteiger partial charge in [0, 0.05) is 0 Å². The standard InChI is InChI=1S/C22H36O3S/c1-17(2)26(23,24)15-9-7-5-6-8-10-21-14-11-18(3)22(19(21)4)25-16-20-12-13-20/h11,14,17,20H,5-10,12-13,15-16H2,1-4H3. The molecule has 1 saturated carbocycles. The molecular formula is C22H36O3S. The zero-order chi connectivity index (χ0) is 19.2. The lowest BCUT2D eigenvalue weighted by Crippen LogP contribution is -2.17. The van der Waals surface area contributed by atoms with Crippen LogP contribution in [0.15, 0.2) is 12.1 Å². The van der Waals surface area contributed by atoms with E-state index < -0.39 is 9.84 Å². The molecule has 0 spiro atoms. The average molecular weight is 381 g/mol. The molecule has 0 bridgehead atoms. The van der Waals surface area contributed by atoms with E-state index in [0.29, 0.717) is 5.75 Å². The zero-order valence-electron chi connectivity index (χ0n) is 17.0. The first-order valence-corrected chi connectivity index (χ1v) is 12.0. The van der Waals surface area contributed by atoms with Gasteiger partial charge in [0.15, 0.2) is 9.84 Å². The number of rotatable bonds is 12. The topological polar surface area (TPSA) is 43.4 Å². The third-order valence-corrected chi connectivity index (χ3v) is 7.76. The molecule has 148 valence electrons. The van der Waals surface area contributed by atoms with E-state index >= 15 is 0 Å². The van der Waals surface area contributed by atoms with E-state index in [1.54, 1.807) is 13.8 Å². The highest BCUT2D eigenvalue weighted by Gasteiger charge is 2.22.